The van der Waals surface area contributed by atoms with Crippen LogP contribution in [0.25, 0.3) is 0 Å². The summed E-state index contributed by atoms with van der Waals surface area (Å²) in [6, 6.07) is 8.49. The van der Waals surface area contributed by atoms with Crippen molar-refractivity contribution in [2.75, 3.05) is 12.0 Å². The Labute approximate surface area is 102 Å². The number of aryl methyl sites for hydroxylation is 1. The second-order valence-corrected chi connectivity index (χ2v) is 4.90. The van der Waals surface area contributed by atoms with Gasteiger partial charge in [-0.05, 0) is 37.7 Å². The third-order valence-electron chi connectivity index (χ3n) is 2.47. The summed E-state index contributed by atoms with van der Waals surface area (Å²) in [6.45, 7) is 4.15. The Hall–Kier alpha value is -0.960. The molecule has 0 radical (unpaired) electrons. The lowest BCUT2D eigenvalue weighted by atomic mass is 10.0. The molecule has 1 atom stereocenters. The van der Waals surface area contributed by atoms with E-state index < -0.39 is 0 Å². The first kappa shape index (κ1) is 13.1. The third kappa shape index (κ3) is 4.27. The highest BCUT2D eigenvalue weighted by Crippen LogP contribution is 2.09. The molecule has 1 amide bonds. The van der Waals surface area contributed by atoms with Gasteiger partial charge in [0.1, 0.15) is 0 Å². The molecule has 88 valence electrons. The summed E-state index contributed by atoms with van der Waals surface area (Å²) in [5.41, 5.74) is 2.59. The Morgan fingerprint density at radius 2 is 2.12 bits per heavy atom. The van der Waals surface area contributed by atoms with Crippen LogP contribution in [-0.4, -0.2) is 24.0 Å². The van der Waals surface area contributed by atoms with Gasteiger partial charge >= 0.3 is 0 Å². The molecule has 1 aromatic rings. The van der Waals surface area contributed by atoms with Gasteiger partial charge in [-0.3, -0.25) is 4.79 Å². The summed E-state index contributed by atoms with van der Waals surface area (Å²) in [7, 11) is 0. The van der Waals surface area contributed by atoms with Crippen LogP contribution in [-0.2, 0) is 11.2 Å². The van der Waals surface area contributed by atoms with Gasteiger partial charge in [0.2, 0.25) is 5.91 Å². The second-order valence-electron chi connectivity index (χ2n) is 4.03. The molecule has 1 N–H and O–H groups in total. The maximum atomic E-state index is 11.4. The molecule has 0 aliphatic carbocycles. The molecule has 0 bridgehead atoms. The molecule has 1 aromatic carbocycles. The number of amides is 1. The van der Waals surface area contributed by atoms with Crippen molar-refractivity contribution in [3.8, 4) is 0 Å². The SMILES string of the molecule is CSCC(=O)N[C@H](C)Cc1ccccc1C. The van der Waals surface area contributed by atoms with E-state index in [1.807, 2.05) is 25.3 Å². The van der Waals surface area contributed by atoms with Crippen LogP contribution in [0.4, 0.5) is 0 Å². The van der Waals surface area contributed by atoms with Crippen LogP contribution in [0, 0.1) is 6.92 Å². The van der Waals surface area contributed by atoms with Gasteiger partial charge in [-0.25, -0.2) is 0 Å². The predicted octanol–water partition coefficient (Wildman–Crippen LogP) is 2.41. The first-order chi connectivity index (χ1) is 7.63. The van der Waals surface area contributed by atoms with E-state index in [1.54, 1.807) is 11.8 Å². The van der Waals surface area contributed by atoms with Crippen LogP contribution in [0.15, 0.2) is 24.3 Å². The molecule has 1 rings (SSSR count). The molecule has 0 saturated heterocycles. The smallest absolute Gasteiger partial charge is 0.230 e. The summed E-state index contributed by atoms with van der Waals surface area (Å²) in [5.74, 6) is 0.659. The summed E-state index contributed by atoms with van der Waals surface area (Å²) in [6.07, 6.45) is 2.83. The van der Waals surface area contributed by atoms with Crippen LogP contribution in [0.2, 0.25) is 0 Å². The van der Waals surface area contributed by atoms with E-state index in [-0.39, 0.29) is 11.9 Å². The average Bonchev–Trinajstić information content (AvgIpc) is 2.21. The van der Waals surface area contributed by atoms with E-state index in [1.165, 1.54) is 11.1 Å². The van der Waals surface area contributed by atoms with Gasteiger partial charge in [-0.15, -0.1) is 0 Å². The van der Waals surface area contributed by atoms with E-state index in [9.17, 15) is 4.79 Å². The molecule has 0 saturated carbocycles. The Morgan fingerprint density at radius 3 is 2.75 bits per heavy atom. The van der Waals surface area contributed by atoms with Gasteiger partial charge in [0.15, 0.2) is 0 Å². The fourth-order valence-corrected chi connectivity index (χ4v) is 2.01. The van der Waals surface area contributed by atoms with Crippen molar-refractivity contribution in [3.05, 3.63) is 35.4 Å². The molecule has 0 heterocycles. The fraction of sp³-hybridized carbons (Fsp3) is 0.462. The lowest BCUT2D eigenvalue weighted by Crippen LogP contribution is -2.35. The lowest BCUT2D eigenvalue weighted by molar-refractivity contribution is -0.119. The average molecular weight is 237 g/mol. The summed E-state index contributed by atoms with van der Waals surface area (Å²) in [4.78, 5) is 11.4. The minimum atomic E-state index is 0.119. The molecule has 16 heavy (non-hydrogen) atoms. The number of hydrogen-bond acceptors (Lipinski definition) is 2. The number of carbonyl (C=O) groups excluding carboxylic acids is 1. The highest BCUT2D eigenvalue weighted by atomic mass is 32.2. The Bertz CT molecular complexity index is 352. The first-order valence-corrected chi connectivity index (χ1v) is 6.85. The zero-order chi connectivity index (χ0) is 12.0. The molecule has 0 spiro atoms. The lowest BCUT2D eigenvalue weighted by Gasteiger charge is -2.14. The summed E-state index contributed by atoms with van der Waals surface area (Å²) >= 11 is 1.55. The normalized spacial score (nSPS) is 12.2. The van der Waals surface area contributed by atoms with Crippen molar-refractivity contribution in [1.29, 1.82) is 0 Å². The van der Waals surface area contributed by atoms with Gasteiger partial charge in [0.05, 0.1) is 5.75 Å². The van der Waals surface area contributed by atoms with Crippen LogP contribution in [0.3, 0.4) is 0 Å². The van der Waals surface area contributed by atoms with E-state index in [0.29, 0.717) is 5.75 Å². The number of nitrogens with one attached hydrogen (secondary N) is 1. The Kier molecular flexibility index (Phi) is 5.39. The Morgan fingerprint density at radius 1 is 1.44 bits per heavy atom. The predicted molar refractivity (Wildman–Crippen MR) is 70.9 cm³/mol. The van der Waals surface area contributed by atoms with Crippen LogP contribution >= 0.6 is 11.8 Å². The fourth-order valence-electron chi connectivity index (χ4n) is 1.67. The topological polar surface area (TPSA) is 29.1 Å². The van der Waals surface area contributed by atoms with Gasteiger partial charge in [0, 0.05) is 6.04 Å². The molecule has 0 unspecified atom stereocenters. The quantitative estimate of drug-likeness (QED) is 0.852. The zero-order valence-electron chi connectivity index (χ0n) is 10.1. The minimum Gasteiger partial charge on any atom is -0.353 e. The standard InChI is InChI=1S/C13H19NOS/c1-10-6-4-5-7-12(10)8-11(2)14-13(15)9-16-3/h4-7,11H,8-9H2,1-3H3,(H,14,15)/t11-/m1/s1. The molecular formula is C13H19NOS. The van der Waals surface area contributed by atoms with Crippen LogP contribution in [0.1, 0.15) is 18.1 Å². The van der Waals surface area contributed by atoms with Crippen molar-refractivity contribution in [2.24, 2.45) is 0 Å². The van der Waals surface area contributed by atoms with Crippen LogP contribution < -0.4 is 5.32 Å². The van der Waals surface area contributed by atoms with Gasteiger partial charge < -0.3 is 5.32 Å². The van der Waals surface area contributed by atoms with E-state index in [4.69, 9.17) is 0 Å². The van der Waals surface area contributed by atoms with Crippen molar-refractivity contribution < 1.29 is 4.79 Å². The van der Waals surface area contributed by atoms with Gasteiger partial charge in [-0.2, -0.15) is 11.8 Å². The molecule has 2 nitrogen and oxygen atoms in total. The molecule has 0 fully saturated rings. The van der Waals surface area contributed by atoms with Crippen molar-refractivity contribution in [3.63, 3.8) is 0 Å². The summed E-state index contributed by atoms with van der Waals surface area (Å²) < 4.78 is 0. The highest BCUT2D eigenvalue weighted by Gasteiger charge is 2.08. The van der Waals surface area contributed by atoms with Gasteiger partial charge in [-0.1, -0.05) is 24.3 Å². The van der Waals surface area contributed by atoms with E-state index in [0.717, 1.165) is 6.42 Å². The second kappa shape index (κ2) is 6.59. The largest absolute Gasteiger partial charge is 0.353 e. The maximum Gasteiger partial charge on any atom is 0.230 e. The number of hydrogen-bond donors (Lipinski definition) is 1. The molecule has 3 heteroatoms. The maximum absolute atomic E-state index is 11.4. The highest BCUT2D eigenvalue weighted by molar-refractivity contribution is 7.99. The minimum absolute atomic E-state index is 0.119. The Balaban J connectivity index is 2.48. The van der Waals surface area contributed by atoms with Crippen molar-refractivity contribution in [2.45, 2.75) is 26.3 Å². The number of benzene rings is 1. The molecule has 0 aromatic heterocycles. The molecule has 0 aliphatic rings. The van der Waals surface area contributed by atoms with E-state index in [2.05, 4.69) is 24.4 Å². The van der Waals surface area contributed by atoms with Crippen molar-refractivity contribution >= 4 is 17.7 Å². The summed E-state index contributed by atoms with van der Waals surface area (Å²) in [5, 5.41) is 3.00. The van der Waals surface area contributed by atoms with Crippen molar-refractivity contribution in [1.82, 2.24) is 5.32 Å². The first-order valence-electron chi connectivity index (χ1n) is 5.46. The monoisotopic (exact) mass is 237 g/mol. The third-order valence-corrected chi connectivity index (χ3v) is 3.02. The zero-order valence-corrected chi connectivity index (χ0v) is 10.9. The number of rotatable bonds is 5. The van der Waals surface area contributed by atoms with Gasteiger partial charge in [0.25, 0.3) is 0 Å². The molecular weight excluding hydrogens is 218 g/mol. The van der Waals surface area contributed by atoms with Crippen LogP contribution in [0.5, 0.6) is 0 Å². The number of carbonyl (C=O) groups is 1. The van der Waals surface area contributed by atoms with E-state index >= 15 is 0 Å². The molecule has 0 aliphatic heterocycles. The number of thioether (sulfide) groups is 1.